The summed E-state index contributed by atoms with van der Waals surface area (Å²) in [5.41, 5.74) is 1.94. The molecule has 0 aliphatic heterocycles. The molecule has 0 bridgehead atoms. The highest BCUT2D eigenvalue weighted by Crippen LogP contribution is 2.31. The summed E-state index contributed by atoms with van der Waals surface area (Å²) < 4.78 is 5.88. The molecule has 2 N–H and O–H groups in total. The van der Waals surface area contributed by atoms with E-state index in [9.17, 15) is 9.90 Å². The van der Waals surface area contributed by atoms with Gasteiger partial charge in [-0.1, -0.05) is 19.1 Å². The summed E-state index contributed by atoms with van der Waals surface area (Å²) in [6, 6.07) is 6.92. The van der Waals surface area contributed by atoms with E-state index in [2.05, 4.69) is 15.3 Å². The quantitative estimate of drug-likeness (QED) is 0.639. The molecule has 1 atom stereocenters. The summed E-state index contributed by atoms with van der Waals surface area (Å²) in [7, 11) is 0. The maximum atomic E-state index is 11.5. The highest BCUT2D eigenvalue weighted by atomic mass is 35.5. The summed E-state index contributed by atoms with van der Waals surface area (Å²) >= 11 is 1.61. The summed E-state index contributed by atoms with van der Waals surface area (Å²) in [5, 5.41) is 13.4. The zero-order chi connectivity index (χ0) is 17.1. The summed E-state index contributed by atoms with van der Waals surface area (Å²) in [4.78, 5) is 20.5. The van der Waals surface area contributed by atoms with Crippen molar-refractivity contribution in [3.8, 4) is 0 Å². The van der Waals surface area contributed by atoms with Gasteiger partial charge in [-0.25, -0.2) is 14.8 Å². The van der Waals surface area contributed by atoms with Crippen molar-refractivity contribution in [3.05, 3.63) is 30.1 Å². The van der Waals surface area contributed by atoms with Crippen LogP contribution in [0.5, 0.6) is 0 Å². The fourth-order valence-electron chi connectivity index (χ4n) is 2.55. The third kappa shape index (κ3) is 3.99. The molecule has 6 nitrogen and oxygen atoms in total. The Morgan fingerprint density at radius 2 is 2.12 bits per heavy atom. The van der Waals surface area contributed by atoms with Gasteiger partial charge in [0.1, 0.15) is 23.0 Å². The number of aliphatic carboxylic acids is 1. The molecule has 0 radical (unpaired) electrons. The Morgan fingerprint density at radius 3 is 2.80 bits per heavy atom. The Kier molecular flexibility index (Phi) is 6.50. The minimum absolute atomic E-state index is 0. The molecule has 0 amide bonds. The van der Waals surface area contributed by atoms with E-state index in [1.807, 2.05) is 37.4 Å². The molecule has 0 aliphatic rings. The van der Waals surface area contributed by atoms with Gasteiger partial charge in [0.25, 0.3) is 0 Å². The first kappa shape index (κ1) is 19.3. The number of halogens is 1. The number of para-hydroxylation sites is 1. The number of aryl methyl sites for hydroxylation is 1. The van der Waals surface area contributed by atoms with Gasteiger partial charge in [0.05, 0.1) is 0 Å². The van der Waals surface area contributed by atoms with Crippen LogP contribution in [0.2, 0.25) is 0 Å². The molecule has 0 fully saturated rings. The largest absolute Gasteiger partial charge is 0.480 e. The number of furan rings is 1. The van der Waals surface area contributed by atoms with E-state index in [0.717, 1.165) is 11.1 Å². The highest BCUT2D eigenvalue weighted by molar-refractivity contribution is 7.98. The topological polar surface area (TPSA) is 88.2 Å². The number of thioether (sulfide) groups is 1. The molecule has 25 heavy (non-hydrogen) atoms. The fourth-order valence-corrected chi connectivity index (χ4v) is 3.02. The zero-order valence-electron chi connectivity index (χ0n) is 14.0. The average molecular weight is 382 g/mol. The lowest BCUT2D eigenvalue weighted by Gasteiger charge is -2.15. The van der Waals surface area contributed by atoms with Crippen molar-refractivity contribution in [2.45, 2.75) is 25.8 Å². The van der Waals surface area contributed by atoms with Crippen LogP contribution in [0.3, 0.4) is 0 Å². The number of nitrogens with one attached hydrogen (secondary N) is 1. The number of fused-ring (bicyclic) bond motifs is 3. The number of nitrogens with zero attached hydrogens (tertiary/aromatic N) is 2. The van der Waals surface area contributed by atoms with Gasteiger partial charge in [-0.15, -0.1) is 12.4 Å². The van der Waals surface area contributed by atoms with E-state index in [4.69, 9.17) is 4.42 Å². The summed E-state index contributed by atoms with van der Waals surface area (Å²) in [6.45, 7) is 1.97. The van der Waals surface area contributed by atoms with E-state index in [1.54, 1.807) is 11.8 Å². The molecule has 0 spiro atoms. The third-order valence-corrected chi connectivity index (χ3v) is 4.45. The van der Waals surface area contributed by atoms with Gasteiger partial charge in [0.2, 0.25) is 0 Å². The maximum Gasteiger partial charge on any atom is 0.326 e. The number of hydrogen-bond acceptors (Lipinski definition) is 6. The molecular formula is C17H20ClN3O3S. The predicted molar refractivity (Wildman–Crippen MR) is 104 cm³/mol. The molecule has 2 heterocycles. The molecular weight excluding hydrogens is 362 g/mol. The van der Waals surface area contributed by atoms with E-state index < -0.39 is 12.0 Å². The molecule has 134 valence electrons. The Hall–Kier alpha value is -1.99. The lowest BCUT2D eigenvalue weighted by Crippen LogP contribution is -2.30. The number of carbonyl (C=O) groups is 1. The van der Waals surface area contributed by atoms with E-state index in [0.29, 0.717) is 41.2 Å². The molecule has 3 rings (SSSR count). The summed E-state index contributed by atoms with van der Waals surface area (Å²) in [6.07, 6.45) is 3.12. The standard InChI is InChI=1S/C17H19N3O3S.ClH/c1-3-13-19-14-10-6-4-5-7-12(10)23-15(14)16(20-13)18-11(17(21)22)8-9-24-2;/h4-7,11H,3,8-9H2,1-2H3,(H,21,22)(H,18,19,20);1H/t11-;/m1./s1. The first-order valence-corrected chi connectivity index (χ1v) is 9.19. The second-order valence-electron chi connectivity index (χ2n) is 5.43. The minimum Gasteiger partial charge on any atom is -0.480 e. The van der Waals surface area contributed by atoms with Gasteiger partial charge in [0, 0.05) is 11.8 Å². The van der Waals surface area contributed by atoms with Crippen LogP contribution in [0.4, 0.5) is 5.82 Å². The van der Waals surface area contributed by atoms with E-state index in [-0.39, 0.29) is 12.4 Å². The zero-order valence-corrected chi connectivity index (χ0v) is 15.6. The van der Waals surface area contributed by atoms with Crippen LogP contribution in [0, 0.1) is 0 Å². The number of aromatic nitrogens is 2. The van der Waals surface area contributed by atoms with Gasteiger partial charge < -0.3 is 14.8 Å². The Labute approximate surface area is 155 Å². The second-order valence-corrected chi connectivity index (χ2v) is 6.42. The molecule has 3 aromatic rings. The summed E-state index contributed by atoms with van der Waals surface area (Å²) in [5.74, 6) is 0.955. The lowest BCUT2D eigenvalue weighted by molar-refractivity contribution is -0.137. The van der Waals surface area contributed by atoms with Gasteiger partial charge in [0.15, 0.2) is 11.4 Å². The molecule has 0 saturated heterocycles. The molecule has 0 aliphatic carbocycles. The molecule has 0 unspecified atom stereocenters. The first-order valence-electron chi connectivity index (χ1n) is 7.80. The number of hydrogen-bond donors (Lipinski definition) is 2. The molecule has 8 heteroatoms. The molecule has 0 saturated carbocycles. The van der Waals surface area contributed by atoms with Gasteiger partial charge in [-0.3, -0.25) is 0 Å². The molecule has 1 aromatic carbocycles. The van der Waals surface area contributed by atoms with Crippen LogP contribution >= 0.6 is 24.2 Å². The van der Waals surface area contributed by atoms with Crippen LogP contribution in [0.25, 0.3) is 22.1 Å². The lowest BCUT2D eigenvalue weighted by atomic mass is 10.2. The van der Waals surface area contributed by atoms with Crippen LogP contribution in [-0.2, 0) is 11.2 Å². The van der Waals surface area contributed by atoms with E-state index >= 15 is 0 Å². The van der Waals surface area contributed by atoms with Crippen LogP contribution in [-0.4, -0.2) is 39.1 Å². The number of anilines is 1. The monoisotopic (exact) mass is 381 g/mol. The third-order valence-electron chi connectivity index (χ3n) is 3.80. The van der Waals surface area contributed by atoms with E-state index in [1.165, 1.54) is 0 Å². The first-order chi connectivity index (χ1) is 11.6. The van der Waals surface area contributed by atoms with Gasteiger partial charge in [-0.05, 0) is 30.6 Å². The van der Waals surface area contributed by atoms with Gasteiger partial charge in [-0.2, -0.15) is 11.8 Å². The Morgan fingerprint density at radius 1 is 1.36 bits per heavy atom. The van der Waals surface area contributed by atoms with Crippen molar-refractivity contribution in [1.29, 1.82) is 0 Å². The van der Waals surface area contributed by atoms with Crippen molar-refractivity contribution >= 4 is 58.0 Å². The SMILES string of the molecule is CCc1nc(N[C@H](CCSC)C(=O)O)c2oc3ccccc3c2n1.Cl. The second kappa shape index (κ2) is 8.40. The minimum atomic E-state index is -0.898. The number of carboxylic acids is 1. The highest BCUT2D eigenvalue weighted by Gasteiger charge is 2.21. The maximum absolute atomic E-state index is 11.5. The average Bonchev–Trinajstić information content (AvgIpc) is 2.97. The van der Waals surface area contributed by atoms with Gasteiger partial charge >= 0.3 is 5.97 Å². The molecule has 2 aromatic heterocycles. The van der Waals surface area contributed by atoms with Crippen molar-refractivity contribution < 1.29 is 14.3 Å². The van der Waals surface area contributed by atoms with Crippen molar-refractivity contribution in [2.75, 3.05) is 17.3 Å². The predicted octanol–water partition coefficient (Wildman–Crippen LogP) is 3.98. The van der Waals surface area contributed by atoms with Crippen LogP contribution in [0.1, 0.15) is 19.2 Å². The number of carboxylic acid groups (broad SMARTS) is 1. The fraction of sp³-hybridized carbons (Fsp3) is 0.353. The Balaban J connectivity index is 0.00000225. The Bertz CT molecular complexity index is 884. The van der Waals surface area contributed by atoms with Crippen LogP contribution < -0.4 is 5.32 Å². The van der Waals surface area contributed by atoms with Crippen molar-refractivity contribution in [2.24, 2.45) is 0 Å². The smallest absolute Gasteiger partial charge is 0.326 e. The number of rotatable bonds is 7. The van der Waals surface area contributed by atoms with Crippen molar-refractivity contribution in [1.82, 2.24) is 9.97 Å². The normalized spacial score (nSPS) is 12.1. The number of benzene rings is 1. The van der Waals surface area contributed by atoms with Crippen molar-refractivity contribution in [3.63, 3.8) is 0 Å². The van der Waals surface area contributed by atoms with Crippen LogP contribution in [0.15, 0.2) is 28.7 Å².